The molecule has 3 rings (SSSR count). The van der Waals surface area contributed by atoms with Crippen LogP contribution in [0.3, 0.4) is 0 Å². The number of aliphatic carboxylic acids is 1. The van der Waals surface area contributed by atoms with E-state index in [1.54, 1.807) is 47.5 Å². The van der Waals surface area contributed by atoms with Gasteiger partial charge in [-0.15, -0.1) is 0 Å². The molecule has 11 heteroatoms. The summed E-state index contributed by atoms with van der Waals surface area (Å²) in [7, 11) is 4.48. The molecule has 3 aromatic rings. The Labute approximate surface area is 245 Å². The molecule has 0 saturated carbocycles. The molecule has 3 aromatic carbocycles. The smallest absolute Gasteiger partial charge is 0.323 e. The van der Waals surface area contributed by atoms with E-state index in [9.17, 15) is 19.5 Å². The number of carbonyl (C=O) groups is 3. The van der Waals surface area contributed by atoms with Gasteiger partial charge in [0.05, 0.1) is 45.2 Å². The number of carbonyl (C=O) groups excluding carboxylic acids is 2. The molecule has 3 amide bonds. The minimum absolute atomic E-state index is 0.283. The molecule has 0 saturated heterocycles. The number of methoxy groups -OCH3 is 3. The van der Waals surface area contributed by atoms with Gasteiger partial charge in [0.2, 0.25) is 5.91 Å². The van der Waals surface area contributed by atoms with Crippen LogP contribution >= 0.6 is 0 Å². The van der Waals surface area contributed by atoms with Crippen molar-refractivity contribution >= 4 is 35.0 Å². The van der Waals surface area contributed by atoms with Crippen LogP contribution < -0.4 is 29.9 Å². The van der Waals surface area contributed by atoms with E-state index in [0.29, 0.717) is 52.8 Å². The second-order valence-electron chi connectivity index (χ2n) is 9.50. The van der Waals surface area contributed by atoms with Crippen LogP contribution in [0.1, 0.15) is 43.9 Å². The summed E-state index contributed by atoms with van der Waals surface area (Å²) in [6.07, 6.45) is 0.345. The zero-order chi connectivity index (χ0) is 30.8. The van der Waals surface area contributed by atoms with Crippen molar-refractivity contribution in [3.05, 3.63) is 71.8 Å². The molecule has 0 spiro atoms. The number of aryl methyl sites for hydroxylation is 1. The molecular formula is C31H38N4O7. The molecule has 0 aliphatic carbocycles. The molecule has 0 aromatic heterocycles. The van der Waals surface area contributed by atoms with Crippen LogP contribution in [0.15, 0.2) is 60.7 Å². The van der Waals surface area contributed by atoms with E-state index in [1.807, 2.05) is 32.0 Å². The van der Waals surface area contributed by atoms with E-state index in [-0.39, 0.29) is 12.3 Å². The Kier molecular flexibility index (Phi) is 11.1. The highest BCUT2D eigenvalue weighted by Crippen LogP contribution is 2.37. The van der Waals surface area contributed by atoms with Gasteiger partial charge in [0, 0.05) is 25.2 Å². The number of hydrogen-bond acceptors (Lipinski definition) is 7. The third-order valence-corrected chi connectivity index (χ3v) is 6.60. The van der Waals surface area contributed by atoms with Gasteiger partial charge in [0.15, 0.2) is 11.5 Å². The lowest BCUT2D eigenvalue weighted by atomic mass is 10.0. The first-order valence-electron chi connectivity index (χ1n) is 13.5. The summed E-state index contributed by atoms with van der Waals surface area (Å²) in [4.78, 5) is 38.0. The number of nitrogens with zero attached hydrogens (tertiary/aromatic N) is 2. The largest absolute Gasteiger partial charge is 0.494 e. The number of hydrogen-bond donors (Lipinski definition) is 3. The van der Waals surface area contributed by atoms with Crippen LogP contribution in [-0.4, -0.2) is 55.9 Å². The third-order valence-electron chi connectivity index (χ3n) is 6.60. The van der Waals surface area contributed by atoms with Crippen molar-refractivity contribution in [2.24, 2.45) is 0 Å². The predicted octanol–water partition coefficient (Wildman–Crippen LogP) is 5.86. The fraction of sp³-hybridized carbons (Fsp3) is 0.323. The summed E-state index contributed by atoms with van der Waals surface area (Å²) in [5, 5.41) is 18.6. The van der Waals surface area contributed by atoms with Gasteiger partial charge >= 0.3 is 12.0 Å². The van der Waals surface area contributed by atoms with E-state index in [4.69, 9.17) is 14.2 Å². The third kappa shape index (κ3) is 7.70. The number of para-hydroxylation sites is 1. The van der Waals surface area contributed by atoms with Gasteiger partial charge in [-0.25, -0.2) is 14.8 Å². The minimum atomic E-state index is -1.03. The van der Waals surface area contributed by atoms with Crippen LogP contribution in [-0.2, 0) is 9.59 Å². The highest BCUT2D eigenvalue weighted by atomic mass is 16.5. The summed E-state index contributed by atoms with van der Waals surface area (Å²) < 4.78 is 16.4. The Morgan fingerprint density at radius 2 is 1.52 bits per heavy atom. The Hall–Kier alpha value is -4.77. The van der Waals surface area contributed by atoms with Gasteiger partial charge in [-0.2, -0.15) is 0 Å². The second-order valence-corrected chi connectivity index (χ2v) is 9.50. The van der Waals surface area contributed by atoms with E-state index in [1.165, 1.54) is 33.3 Å². The topological polar surface area (TPSA) is 130 Å². The van der Waals surface area contributed by atoms with Gasteiger partial charge in [0.25, 0.3) is 0 Å². The number of amides is 3. The summed E-state index contributed by atoms with van der Waals surface area (Å²) in [6.45, 7) is 5.61. The lowest BCUT2D eigenvalue weighted by Crippen LogP contribution is -2.48. The van der Waals surface area contributed by atoms with Crippen molar-refractivity contribution in [1.29, 1.82) is 0 Å². The number of rotatable bonds is 13. The maximum atomic E-state index is 13.2. The van der Waals surface area contributed by atoms with Crippen molar-refractivity contribution < 1.29 is 33.7 Å². The first kappa shape index (κ1) is 31.8. The molecule has 0 aliphatic heterocycles. The van der Waals surface area contributed by atoms with E-state index >= 15 is 0 Å². The van der Waals surface area contributed by atoms with Crippen LogP contribution in [0.4, 0.5) is 21.9 Å². The molecule has 0 aliphatic rings. The molecule has 0 heterocycles. The molecule has 224 valence electrons. The molecular weight excluding hydrogens is 540 g/mol. The zero-order valence-electron chi connectivity index (χ0n) is 24.8. The average molecular weight is 579 g/mol. The number of hydrazine groups is 1. The lowest BCUT2D eigenvalue weighted by molar-refractivity contribution is -0.139. The van der Waals surface area contributed by atoms with Gasteiger partial charge in [-0.1, -0.05) is 31.2 Å². The fourth-order valence-electron chi connectivity index (χ4n) is 4.66. The van der Waals surface area contributed by atoms with Crippen molar-refractivity contribution in [2.45, 2.75) is 39.7 Å². The van der Waals surface area contributed by atoms with Gasteiger partial charge in [0.1, 0.15) is 5.75 Å². The van der Waals surface area contributed by atoms with Crippen LogP contribution in [0, 0.1) is 6.92 Å². The number of urea groups is 1. The van der Waals surface area contributed by atoms with E-state index in [2.05, 4.69) is 10.6 Å². The van der Waals surface area contributed by atoms with E-state index < -0.39 is 18.0 Å². The Bertz CT molecular complexity index is 1410. The molecule has 42 heavy (non-hydrogen) atoms. The van der Waals surface area contributed by atoms with Crippen LogP contribution in [0.5, 0.6) is 17.2 Å². The molecule has 3 N–H and O–H groups in total. The number of carboxylic acids is 1. The van der Waals surface area contributed by atoms with Crippen LogP contribution in [0.2, 0.25) is 0 Å². The number of carboxylic acid groups (broad SMARTS) is 1. The Morgan fingerprint density at radius 1 is 0.857 bits per heavy atom. The molecule has 11 nitrogen and oxygen atoms in total. The quantitative estimate of drug-likeness (QED) is 0.215. The van der Waals surface area contributed by atoms with Gasteiger partial charge in [-0.05, 0) is 54.8 Å². The summed E-state index contributed by atoms with van der Waals surface area (Å²) in [5.41, 5.74) is 3.04. The van der Waals surface area contributed by atoms with Crippen molar-refractivity contribution in [1.82, 2.24) is 5.01 Å². The molecule has 1 atom stereocenters. The molecule has 0 radical (unpaired) electrons. The summed E-state index contributed by atoms with van der Waals surface area (Å²) in [5.74, 6) is -0.107. The van der Waals surface area contributed by atoms with Gasteiger partial charge < -0.3 is 30.0 Å². The normalized spacial score (nSPS) is 11.4. The number of nitrogens with one attached hydrogen (secondary N) is 2. The maximum absolute atomic E-state index is 13.2. The highest BCUT2D eigenvalue weighted by molar-refractivity contribution is 6.01. The lowest BCUT2D eigenvalue weighted by Gasteiger charge is -2.40. The number of benzene rings is 3. The SMILES string of the molecule is CCCN(C(CC(=O)O)c1ccc(OC)c(OC)c1)N(C(C)=O)c1ccc(NC(=O)Nc2ccccc2C)c(OC)c1. The van der Waals surface area contributed by atoms with Crippen molar-refractivity contribution in [3.63, 3.8) is 0 Å². The zero-order valence-corrected chi connectivity index (χ0v) is 24.8. The average Bonchev–Trinajstić information content (AvgIpc) is 2.96. The first-order valence-corrected chi connectivity index (χ1v) is 13.5. The maximum Gasteiger partial charge on any atom is 0.323 e. The van der Waals surface area contributed by atoms with Crippen molar-refractivity contribution in [3.8, 4) is 17.2 Å². The van der Waals surface area contributed by atoms with Crippen molar-refractivity contribution in [2.75, 3.05) is 43.5 Å². The number of anilines is 3. The van der Waals surface area contributed by atoms with Gasteiger partial charge in [-0.3, -0.25) is 9.59 Å². The highest BCUT2D eigenvalue weighted by Gasteiger charge is 2.31. The molecule has 0 bridgehead atoms. The Balaban J connectivity index is 2.01. The summed E-state index contributed by atoms with van der Waals surface area (Å²) in [6, 6.07) is 16.3. The summed E-state index contributed by atoms with van der Waals surface area (Å²) >= 11 is 0. The fourth-order valence-corrected chi connectivity index (χ4v) is 4.66. The van der Waals surface area contributed by atoms with E-state index in [0.717, 1.165) is 5.56 Å². The second kappa shape index (κ2) is 14.7. The first-order chi connectivity index (χ1) is 20.1. The molecule has 0 fully saturated rings. The molecule has 1 unspecified atom stereocenters. The Morgan fingerprint density at radius 3 is 2.12 bits per heavy atom. The van der Waals surface area contributed by atoms with Crippen LogP contribution in [0.25, 0.3) is 0 Å². The number of ether oxygens (including phenoxy) is 3. The monoisotopic (exact) mass is 578 g/mol. The standard InChI is InChI=1S/C31H38N4O7/c1-7-16-34(26(19-30(37)38)22-12-15-27(40-4)29(17-22)42-6)35(21(3)36)23-13-14-25(28(18-23)41-5)33-31(39)32-24-11-9-8-10-20(24)2/h8-15,17-18,26H,7,16,19H2,1-6H3,(H,37,38)(H2,32,33,39). The minimum Gasteiger partial charge on any atom is -0.494 e. The predicted molar refractivity (Wildman–Crippen MR) is 162 cm³/mol.